The zero-order chi connectivity index (χ0) is 13.1. The highest BCUT2D eigenvalue weighted by atomic mass is 35.5. The minimum Gasteiger partial charge on any atom is -0.349 e. The summed E-state index contributed by atoms with van der Waals surface area (Å²) in [6.07, 6.45) is 1.68. The molecule has 1 rings (SSSR count). The lowest BCUT2D eigenvalue weighted by molar-refractivity contribution is 0.0936. The Kier molecular flexibility index (Phi) is 6.35. The minimum atomic E-state index is -0.320. The molecule has 104 valence electrons. The van der Waals surface area contributed by atoms with Gasteiger partial charge in [0.15, 0.2) is 0 Å². The average Bonchev–Trinajstić information content (AvgIpc) is 2.66. The number of nitrogens with one attached hydrogen (secondary N) is 1. The molecule has 1 aromatic rings. The molecule has 0 unspecified atom stereocenters. The number of amides is 1. The van der Waals surface area contributed by atoms with Gasteiger partial charge in [-0.3, -0.25) is 9.48 Å². The second kappa shape index (κ2) is 6.75. The zero-order valence-corrected chi connectivity index (χ0v) is 12.3. The summed E-state index contributed by atoms with van der Waals surface area (Å²) in [4.78, 5) is 11.8. The summed E-state index contributed by atoms with van der Waals surface area (Å²) in [5.74, 6) is -0.162. The van der Waals surface area contributed by atoms with E-state index in [1.165, 1.54) is 0 Å². The van der Waals surface area contributed by atoms with Crippen LogP contribution in [0.25, 0.3) is 0 Å². The van der Waals surface area contributed by atoms with Crippen LogP contribution in [0.1, 0.15) is 42.9 Å². The van der Waals surface area contributed by atoms with Crippen molar-refractivity contribution in [2.45, 2.75) is 39.2 Å². The minimum absolute atomic E-state index is 0. The number of carbonyl (C=O) groups excluding carboxylic acids is 1. The van der Waals surface area contributed by atoms with Crippen LogP contribution in [0.2, 0.25) is 0 Å². The Bertz CT molecular complexity index is 379. The van der Waals surface area contributed by atoms with E-state index in [0.717, 1.165) is 18.5 Å². The fourth-order valence-corrected chi connectivity index (χ4v) is 1.52. The number of rotatable bonds is 5. The Morgan fingerprint density at radius 1 is 1.50 bits per heavy atom. The van der Waals surface area contributed by atoms with Gasteiger partial charge in [-0.25, -0.2) is 0 Å². The highest BCUT2D eigenvalue weighted by Crippen LogP contribution is 2.10. The van der Waals surface area contributed by atoms with Gasteiger partial charge < -0.3 is 11.1 Å². The van der Waals surface area contributed by atoms with Gasteiger partial charge in [-0.15, -0.1) is 12.4 Å². The summed E-state index contributed by atoms with van der Waals surface area (Å²) in [5.41, 5.74) is 7.20. The number of nitrogens with two attached hydrogens (primary N) is 1. The largest absolute Gasteiger partial charge is 0.349 e. The fraction of sp³-hybridized carbons (Fsp3) is 0.667. The predicted octanol–water partition coefficient (Wildman–Crippen LogP) is 1.40. The first-order chi connectivity index (χ1) is 7.91. The van der Waals surface area contributed by atoms with E-state index in [-0.39, 0.29) is 23.9 Å². The molecule has 18 heavy (non-hydrogen) atoms. The summed E-state index contributed by atoms with van der Waals surface area (Å²) in [5, 5.41) is 6.97. The molecule has 0 aliphatic heterocycles. The molecule has 0 saturated carbocycles. The number of carbonyl (C=O) groups is 1. The highest BCUT2D eigenvalue weighted by molar-refractivity contribution is 5.92. The van der Waals surface area contributed by atoms with Crippen molar-refractivity contribution in [3.63, 3.8) is 0 Å². The normalized spacial score (nSPS) is 10.9. The van der Waals surface area contributed by atoms with Crippen LogP contribution >= 0.6 is 12.4 Å². The van der Waals surface area contributed by atoms with Crippen molar-refractivity contribution in [3.8, 4) is 0 Å². The second-order valence-corrected chi connectivity index (χ2v) is 4.55. The Balaban J connectivity index is 0.00000289. The molecule has 5 nitrogen and oxygen atoms in total. The predicted molar refractivity (Wildman–Crippen MR) is 75.0 cm³/mol. The Hall–Kier alpha value is -1.07. The maximum Gasteiger partial charge on any atom is 0.271 e. The van der Waals surface area contributed by atoms with Gasteiger partial charge in [0.25, 0.3) is 5.91 Å². The van der Waals surface area contributed by atoms with Crippen LogP contribution < -0.4 is 11.1 Å². The van der Waals surface area contributed by atoms with Crippen molar-refractivity contribution in [2.75, 3.05) is 6.54 Å². The Morgan fingerprint density at radius 3 is 2.44 bits per heavy atom. The number of hydrogen-bond acceptors (Lipinski definition) is 3. The van der Waals surface area contributed by atoms with Crippen molar-refractivity contribution < 1.29 is 4.79 Å². The third-order valence-electron chi connectivity index (χ3n) is 3.36. The van der Waals surface area contributed by atoms with Gasteiger partial charge in [0, 0.05) is 24.8 Å². The molecule has 0 radical (unpaired) electrons. The van der Waals surface area contributed by atoms with Crippen molar-refractivity contribution >= 4 is 18.3 Å². The molecular formula is C12H23ClN4O. The van der Waals surface area contributed by atoms with Crippen molar-refractivity contribution in [1.82, 2.24) is 15.1 Å². The zero-order valence-electron chi connectivity index (χ0n) is 11.5. The molecule has 0 fully saturated rings. The number of aryl methyl sites for hydroxylation is 2. The van der Waals surface area contributed by atoms with E-state index < -0.39 is 0 Å². The molecule has 6 heteroatoms. The van der Waals surface area contributed by atoms with Crippen LogP contribution in [-0.4, -0.2) is 27.8 Å². The Labute approximate surface area is 115 Å². The smallest absolute Gasteiger partial charge is 0.271 e. The van der Waals surface area contributed by atoms with Crippen LogP contribution in [-0.2, 0) is 7.05 Å². The lowest BCUT2D eigenvalue weighted by Crippen LogP contribution is -2.49. The first-order valence-corrected chi connectivity index (χ1v) is 5.99. The molecule has 0 saturated heterocycles. The molecule has 3 N–H and O–H groups in total. The standard InChI is InChI=1S/C12H22N4O.ClH/c1-5-12(13,6-2)8-14-11(17)10-7-9(3)16(4)15-10;/h7H,5-6,8,13H2,1-4H3,(H,14,17);1H. The van der Waals surface area contributed by atoms with Gasteiger partial charge in [-0.1, -0.05) is 13.8 Å². The monoisotopic (exact) mass is 274 g/mol. The Morgan fingerprint density at radius 2 is 2.06 bits per heavy atom. The summed E-state index contributed by atoms with van der Waals surface area (Å²) < 4.78 is 1.68. The maximum absolute atomic E-state index is 11.8. The van der Waals surface area contributed by atoms with Crippen molar-refractivity contribution in [2.24, 2.45) is 12.8 Å². The molecule has 0 aromatic carbocycles. The molecular weight excluding hydrogens is 252 g/mol. The van der Waals surface area contributed by atoms with E-state index in [2.05, 4.69) is 10.4 Å². The summed E-state index contributed by atoms with van der Waals surface area (Å²) in [7, 11) is 1.82. The first-order valence-electron chi connectivity index (χ1n) is 5.99. The van der Waals surface area contributed by atoms with Gasteiger partial charge in [0.1, 0.15) is 5.69 Å². The molecule has 1 aromatic heterocycles. The fourth-order valence-electron chi connectivity index (χ4n) is 1.52. The molecule has 0 atom stereocenters. The number of aromatic nitrogens is 2. The van der Waals surface area contributed by atoms with E-state index in [0.29, 0.717) is 12.2 Å². The lowest BCUT2D eigenvalue weighted by atomic mass is 9.94. The number of hydrogen-bond donors (Lipinski definition) is 2. The summed E-state index contributed by atoms with van der Waals surface area (Å²) in [6, 6.07) is 1.77. The topological polar surface area (TPSA) is 72.9 Å². The average molecular weight is 275 g/mol. The molecule has 1 amide bonds. The molecule has 0 bridgehead atoms. The van der Waals surface area contributed by atoms with Gasteiger partial charge in [-0.05, 0) is 25.8 Å². The lowest BCUT2D eigenvalue weighted by Gasteiger charge is -2.26. The van der Waals surface area contributed by atoms with Gasteiger partial charge in [0.2, 0.25) is 0 Å². The van der Waals surface area contributed by atoms with Crippen LogP contribution in [0, 0.1) is 6.92 Å². The van der Waals surface area contributed by atoms with Crippen LogP contribution in [0.5, 0.6) is 0 Å². The van der Waals surface area contributed by atoms with Crippen LogP contribution in [0.3, 0.4) is 0 Å². The quantitative estimate of drug-likeness (QED) is 0.852. The molecule has 1 heterocycles. The van der Waals surface area contributed by atoms with E-state index >= 15 is 0 Å². The SMILES string of the molecule is CCC(N)(CC)CNC(=O)c1cc(C)n(C)n1.Cl. The first kappa shape index (κ1) is 16.9. The van der Waals surface area contributed by atoms with Crippen LogP contribution in [0.15, 0.2) is 6.07 Å². The molecule has 0 spiro atoms. The van der Waals surface area contributed by atoms with E-state index in [1.54, 1.807) is 10.7 Å². The van der Waals surface area contributed by atoms with Gasteiger partial charge in [0.05, 0.1) is 0 Å². The van der Waals surface area contributed by atoms with E-state index in [1.807, 2.05) is 27.8 Å². The number of halogens is 1. The van der Waals surface area contributed by atoms with Gasteiger partial charge in [-0.2, -0.15) is 5.10 Å². The van der Waals surface area contributed by atoms with E-state index in [9.17, 15) is 4.79 Å². The summed E-state index contributed by atoms with van der Waals surface area (Å²) in [6.45, 7) is 6.45. The molecule has 0 aliphatic rings. The van der Waals surface area contributed by atoms with E-state index in [4.69, 9.17) is 5.73 Å². The van der Waals surface area contributed by atoms with Gasteiger partial charge >= 0.3 is 0 Å². The maximum atomic E-state index is 11.8. The third kappa shape index (κ3) is 3.99. The summed E-state index contributed by atoms with van der Waals surface area (Å²) >= 11 is 0. The van der Waals surface area contributed by atoms with Crippen LogP contribution in [0.4, 0.5) is 0 Å². The second-order valence-electron chi connectivity index (χ2n) is 4.55. The number of nitrogens with zero attached hydrogens (tertiary/aromatic N) is 2. The third-order valence-corrected chi connectivity index (χ3v) is 3.36. The van der Waals surface area contributed by atoms with Crippen molar-refractivity contribution in [1.29, 1.82) is 0 Å². The highest BCUT2D eigenvalue weighted by Gasteiger charge is 2.21. The molecule has 0 aliphatic carbocycles. The van der Waals surface area contributed by atoms with Crippen molar-refractivity contribution in [3.05, 3.63) is 17.5 Å².